The molecule has 1 aliphatic rings. The molecule has 6 nitrogen and oxygen atoms in total. The Morgan fingerprint density at radius 2 is 2.03 bits per heavy atom. The Morgan fingerprint density at radius 1 is 1.24 bits per heavy atom. The molecule has 2 atom stereocenters. The highest BCUT2D eigenvalue weighted by molar-refractivity contribution is 5.80. The Balaban J connectivity index is 1.60. The van der Waals surface area contributed by atoms with Gasteiger partial charge in [0.25, 0.3) is 0 Å². The number of nitrogens with zero attached hydrogens (tertiary/aromatic N) is 4. The first-order valence-corrected chi connectivity index (χ1v) is 10.9. The second-order valence-corrected chi connectivity index (χ2v) is 8.24. The van der Waals surface area contributed by atoms with Crippen molar-refractivity contribution in [1.82, 2.24) is 25.1 Å². The van der Waals surface area contributed by atoms with Crippen LogP contribution in [-0.4, -0.2) is 52.1 Å². The lowest BCUT2D eigenvalue weighted by Gasteiger charge is -2.22. The highest BCUT2D eigenvalue weighted by Gasteiger charge is 2.31. The van der Waals surface area contributed by atoms with E-state index in [1.54, 1.807) is 0 Å². The first-order chi connectivity index (χ1) is 14.1. The third-order valence-corrected chi connectivity index (χ3v) is 5.70. The summed E-state index contributed by atoms with van der Waals surface area (Å²) in [5.41, 5.74) is 1.34. The van der Waals surface area contributed by atoms with Gasteiger partial charge in [-0.15, -0.1) is 0 Å². The Labute approximate surface area is 175 Å². The molecule has 3 rings (SSSR count). The molecule has 0 amide bonds. The molecule has 1 aromatic carbocycles. The van der Waals surface area contributed by atoms with Crippen molar-refractivity contribution >= 4 is 5.96 Å². The van der Waals surface area contributed by atoms with Crippen LogP contribution in [0.2, 0.25) is 0 Å². The third kappa shape index (κ3) is 6.07. The maximum atomic E-state index is 4.83. The smallest absolute Gasteiger partial charge is 0.191 e. The number of aliphatic imine (C=N–C) groups is 1. The van der Waals surface area contributed by atoms with Crippen molar-refractivity contribution in [3.05, 3.63) is 54.1 Å². The number of hydrogen-bond acceptors (Lipinski definition) is 3. The average molecular weight is 397 g/mol. The maximum absolute atomic E-state index is 4.83. The fourth-order valence-corrected chi connectivity index (χ4v) is 3.85. The van der Waals surface area contributed by atoms with E-state index in [1.165, 1.54) is 5.56 Å². The van der Waals surface area contributed by atoms with Crippen LogP contribution in [0.25, 0.3) is 0 Å². The van der Waals surface area contributed by atoms with Gasteiger partial charge in [0.05, 0.1) is 0 Å². The van der Waals surface area contributed by atoms with Gasteiger partial charge in [-0.05, 0) is 38.7 Å². The zero-order chi connectivity index (χ0) is 20.6. The molecule has 1 aromatic heterocycles. The number of aryl methyl sites for hydroxylation is 2. The number of guanidine groups is 1. The second-order valence-electron chi connectivity index (χ2n) is 8.24. The van der Waals surface area contributed by atoms with Crippen molar-refractivity contribution in [3.63, 3.8) is 0 Å². The van der Waals surface area contributed by atoms with E-state index in [1.807, 2.05) is 12.4 Å². The molecule has 0 saturated carbocycles. The molecule has 1 fully saturated rings. The van der Waals surface area contributed by atoms with Crippen LogP contribution in [0.4, 0.5) is 0 Å². The number of benzene rings is 1. The van der Waals surface area contributed by atoms with E-state index < -0.39 is 0 Å². The number of hydrogen-bond donors (Lipinski definition) is 2. The zero-order valence-corrected chi connectivity index (χ0v) is 18.3. The predicted molar refractivity (Wildman–Crippen MR) is 120 cm³/mol. The van der Waals surface area contributed by atoms with Gasteiger partial charge in [0.15, 0.2) is 5.96 Å². The minimum Gasteiger partial charge on any atom is -0.357 e. The second kappa shape index (κ2) is 10.4. The number of imidazole rings is 1. The van der Waals surface area contributed by atoms with Crippen molar-refractivity contribution in [2.45, 2.75) is 59.3 Å². The molecule has 0 spiro atoms. The largest absolute Gasteiger partial charge is 0.357 e. The number of nitrogens with one attached hydrogen (secondary N) is 2. The third-order valence-electron chi connectivity index (χ3n) is 5.70. The topological polar surface area (TPSA) is 57.5 Å². The molecule has 1 saturated heterocycles. The van der Waals surface area contributed by atoms with Gasteiger partial charge in [-0.1, -0.05) is 37.3 Å². The molecule has 29 heavy (non-hydrogen) atoms. The first-order valence-electron chi connectivity index (χ1n) is 10.9. The highest BCUT2D eigenvalue weighted by atomic mass is 15.3. The number of likely N-dealkylation sites (tertiary alicyclic amines) is 1. The normalized spacial score (nSPS) is 20.4. The molecule has 2 heterocycles. The molecule has 0 bridgehead atoms. The van der Waals surface area contributed by atoms with Gasteiger partial charge in [0, 0.05) is 50.7 Å². The van der Waals surface area contributed by atoms with Crippen molar-refractivity contribution in [1.29, 1.82) is 0 Å². The van der Waals surface area contributed by atoms with E-state index in [2.05, 4.69) is 83.1 Å². The van der Waals surface area contributed by atoms with Crippen LogP contribution in [0, 0.1) is 5.92 Å². The van der Waals surface area contributed by atoms with E-state index in [0.29, 0.717) is 24.5 Å². The summed E-state index contributed by atoms with van der Waals surface area (Å²) >= 11 is 0. The van der Waals surface area contributed by atoms with Crippen molar-refractivity contribution in [2.24, 2.45) is 10.9 Å². The summed E-state index contributed by atoms with van der Waals surface area (Å²) in [4.78, 5) is 11.9. The van der Waals surface area contributed by atoms with Crippen molar-refractivity contribution < 1.29 is 0 Å². The Morgan fingerprint density at radius 3 is 2.72 bits per heavy atom. The molecule has 158 valence electrons. The maximum Gasteiger partial charge on any atom is 0.191 e. The van der Waals surface area contributed by atoms with Crippen LogP contribution in [0.1, 0.15) is 39.1 Å². The Kier molecular flexibility index (Phi) is 7.69. The summed E-state index contributed by atoms with van der Waals surface area (Å²) < 4.78 is 2.21. The zero-order valence-electron chi connectivity index (χ0n) is 18.3. The van der Waals surface area contributed by atoms with Crippen LogP contribution >= 0.6 is 0 Å². The number of rotatable bonds is 8. The lowest BCUT2D eigenvalue weighted by Crippen LogP contribution is -2.46. The molecule has 0 aliphatic carbocycles. The summed E-state index contributed by atoms with van der Waals surface area (Å²) in [5, 5.41) is 7.05. The fourth-order valence-electron chi connectivity index (χ4n) is 3.85. The monoisotopic (exact) mass is 396 g/mol. The predicted octanol–water partition coefficient (Wildman–Crippen LogP) is 2.91. The van der Waals surface area contributed by atoms with Crippen LogP contribution in [-0.2, 0) is 19.5 Å². The van der Waals surface area contributed by atoms with E-state index in [9.17, 15) is 0 Å². The summed E-state index contributed by atoms with van der Waals surface area (Å²) in [7, 11) is 0. The SMILES string of the molecule is CCNC(=NCc1nccn1CCc1ccccc1)NC1CN(C(C)C)CC1C. The van der Waals surface area contributed by atoms with Crippen LogP contribution in [0.15, 0.2) is 47.7 Å². The van der Waals surface area contributed by atoms with E-state index in [0.717, 1.165) is 44.4 Å². The summed E-state index contributed by atoms with van der Waals surface area (Å²) in [6, 6.07) is 11.6. The standard InChI is InChI=1S/C23H36N6/c1-5-24-23(27-21-17-29(18(2)3)16-19(21)4)26-15-22-25-12-14-28(22)13-11-20-9-7-6-8-10-20/h6-10,12,14,18-19,21H,5,11,13,15-17H2,1-4H3,(H2,24,26,27). The molecule has 0 radical (unpaired) electrons. The van der Waals surface area contributed by atoms with E-state index >= 15 is 0 Å². The average Bonchev–Trinajstić information content (AvgIpc) is 3.32. The van der Waals surface area contributed by atoms with Crippen LogP contribution in [0.5, 0.6) is 0 Å². The van der Waals surface area contributed by atoms with Crippen LogP contribution in [0.3, 0.4) is 0 Å². The molecule has 2 unspecified atom stereocenters. The molecule has 2 N–H and O–H groups in total. The van der Waals surface area contributed by atoms with Gasteiger partial charge < -0.3 is 15.2 Å². The molecule has 1 aliphatic heterocycles. The van der Waals surface area contributed by atoms with Gasteiger partial charge in [0.1, 0.15) is 12.4 Å². The van der Waals surface area contributed by atoms with Gasteiger partial charge >= 0.3 is 0 Å². The summed E-state index contributed by atoms with van der Waals surface area (Å²) in [6.45, 7) is 13.5. The molecular formula is C23H36N6. The van der Waals surface area contributed by atoms with Crippen molar-refractivity contribution in [3.8, 4) is 0 Å². The molecular weight excluding hydrogens is 360 g/mol. The summed E-state index contributed by atoms with van der Waals surface area (Å²) in [5.74, 6) is 2.49. The lowest BCUT2D eigenvalue weighted by atomic mass is 10.1. The highest BCUT2D eigenvalue weighted by Crippen LogP contribution is 2.18. The van der Waals surface area contributed by atoms with Gasteiger partial charge in [-0.25, -0.2) is 9.98 Å². The minimum absolute atomic E-state index is 0.424. The molecule has 2 aromatic rings. The van der Waals surface area contributed by atoms with Crippen molar-refractivity contribution in [2.75, 3.05) is 19.6 Å². The van der Waals surface area contributed by atoms with Crippen LogP contribution < -0.4 is 10.6 Å². The Hall–Kier alpha value is -2.34. The first kappa shape index (κ1) is 21.4. The Bertz CT molecular complexity index is 767. The summed E-state index contributed by atoms with van der Waals surface area (Å²) in [6.07, 6.45) is 4.92. The lowest BCUT2D eigenvalue weighted by molar-refractivity contribution is 0.265. The van der Waals surface area contributed by atoms with Gasteiger partial charge in [-0.2, -0.15) is 0 Å². The van der Waals surface area contributed by atoms with E-state index in [-0.39, 0.29) is 0 Å². The fraction of sp³-hybridized carbons (Fsp3) is 0.565. The van der Waals surface area contributed by atoms with Gasteiger partial charge in [-0.3, -0.25) is 4.90 Å². The van der Waals surface area contributed by atoms with E-state index in [4.69, 9.17) is 4.99 Å². The minimum atomic E-state index is 0.424. The quantitative estimate of drug-likeness (QED) is 0.532. The molecule has 6 heteroatoms. The van der Waals surface area contributed by atoms with Gasteiger partial charge in [0.2, 0.25) is 0 Å². The number of aromatic nitrogens is 2.